The van der Waals surface area contributed by atoms with Crippen LogP contribution in [0, 0.1) is 0 Å². The minimum Gasteiger partial charge on any atom is -0.469 e. The second-order valence-electron chi connectivity index (χ2n) is 9.09. The van der Waals surface area contributed by atoms with Crippen LogP contribution in [0.15, 0.2) is 78.9 Å². The summed E-state index contributed by atoms with van der Waals surface area (Å²) in [5.74, 6) is -0.209. The van der Waals surface area contributed by atoms with E-state index < -0.39 is 11.7 Å². The second kappa shape index (κ2) is 11.6. The van der Waals surface area contributed by atoms with Crippen LogP contribution in [-0.4, -0.2) is 24.5 Å². The number of alkyl halides is 3. The van der Waals surface area contributed by atoms with E-state index >= 15 is 0 Å². The number of carbonyl (C=O) groups excluding carboxylic acids is 1. The second-order valence-corrected chi connectivity index (χ2v) is 9.09. The molecule has 4 aromatic carbocycles. The minimum absolute atomic E-state index is 0.209. The fraction of sp³-hybridized carbons (Fsp3) is 0.300. The van der Waals surface area contributed by atoms with Crippen molar-refractivity contribution in [3.63, 3.8) is 0 Å². The Balaban J connectivity index is 1.57. The minimum atomic E-state index is -4.35. The van der Waals surface area contributed by atoms with Gasteiger partial charge in [-0.3, -0.25) is 9.69 Å². The molecule has 188 valence electrons. The maximum absolute atomic E-state index is 13.0. The number of ether oxygens (including phenoxy) is 1. The Morgan fingerprint density at radius 2 is 1.47 bits per heavy atom. The van der Waals surface area contributed by atoms with E-state index in [0.717, 1.165) is 43.5 Å². The molecule has 4 rings (SSSR count). The van der Waals surface area contributed by atoms with Gasteiger partial charge in [0.1, 0.15) is 0 Å². The molecule has 0 aliphatic carbocycles. The highest BCUT2D eigenvalue weighted by Gasteiger charge is 2.30. The molecule has 0 aliphatic rings. The number of halogens is 3. The molecule has 3 nitrogen and oxygen atoms in total. The fourth-order valence-electron chi connectivity index (χ4n) is 4.66. The van der Waals surface area contributed by atoms with E-state index in [9.17, 15) is 18.0 Å². The Bertz CT molecular complexity index is 1320. The van der Waals surface area contributed by atoms with Crippen LogP contribution in [0.25, 0.3) is 21.5 Å². The van der Waals surface area contributed by atoms with Crippen molar-refractivity contribution in [2.24, 2.45) is 0 Å². The fourth-order valence-corrected chi connectivity index (χ4v) is 4.66. The summed E-state index contributed by atoms with van der Waals surface area (Å²) < 4.78 is 43.8. The highest BCUT2D eigenvalue weighted by atomic mass is 19.4. The number of carbonyl (C=O) groups is 1. The van der Waals surface area contributed by atoms with Gasteiger partial charge in [0.2, 0.25) is 0 Å². The molecule has 0 atom stereocenters. The first-order chi connectivity index (χ1) is 17.3. The lowest BCUT2D eigenvalue weighted by atomic mass is 9.97. The first-order valence-corrected chi connectivity index (χ1v) is 12.2. The van der Waals surface area contributed by atoms with E-state index in [4.69, 9.17) is 4.74 Å². The van der Waals surface area contributed by atoms with Crippen molar-refractivity contribution in [3.8, 4) is 0 Å². The largest absolute Gasteiger partial charge is 0.469 e. The van der Waals surface area contributed by atoms with Gasteiger partial charge in [-0.2, -0.15) is 13.2 Å². The molecule has 36 heavy (non-hydrogen) atoms. The van der Waals surface area contributed by atoms with Crippen LogP contribution in [0.3, 0.4) is 0 Å². The van der Waals surface area contributed by atoms with Crippen LogP contribution >= 0.6 is 0 Å². The third kappa shape index (κ3) is 6.43. The van der Waals surface area contributed by atoms with Crippen LogP contribution in [0.4, 0.5) is 13.2 Å². The highest BCUT2D eigenvalue weighted by molar-refractivity contribution is 6.08. The maximum Gasteiger partial charge on any atom is 0.416 e. The lowest BCUT2D eigenvalue weighted by molar-refractivity contribution is -0.140. The number of fused-ring (bicyclic) bond motifs is 3. The van der Waals surface area contributed by atoms with Gasteiger partial charge in [-0.15, -0.1) is 0 Å². The van der Waals surface area contributed by atoms with Gasteiger partial charge in [0.15, 0.2) is 0 Å². The van der Waals surface area contributed by atoms with E-state index in [1.807, 2.05) is 24.3 Å². The van der Waals surface area contributed by atoms with Crippen LogP contribution in [-0.2, 0) is 28.8 Å². The highest BCUT2D eigenvalue weighted by Crippen LogP contribution is 2.31. The number of nitrogens with zero attached hydrogens (tertiary/aromatic N) is 1. The Labute approximate surface area is 209 Å². The normalized spacial score (nSPS) is 11.9. The third-order valence-corrected chi connectivity index (χ3v) is 6.52. The van der Waals surface area contributed by atoms with Gasteiger partial charge in [0.05, 0.1) is 12.7 Å². The molecule has 0 spiro atoms. The molecule has 0 amide bonds. The van der Waals surface area contributed by atoms with Gasteiger partial charge in [0.25, 0.3) is 0 Å². The third-order valence-electron chi connectivity index (χ3n) is 6.52. The summed E-state index contributed by atoms with van der Waals surface area (Å²) in [5, 5.41) is 4.74. The van der Waals surface area contributed by atoms with E-state index in [-0.39, 0.29) is 5.97 Å². The summed E-state index contributed by atoms with van der Waals surface area (Å²) in [5.41, 5.74) is 1.38. The predicted molar refractivity (Wildman–Crippen MR) is 137 cm³/mol. The monoisotopic (exact) mass is 493 g/mol. The van der Waals surface area contributed by atoms with Gasteiger partial charge in [-0.05, 0) is 70.3 Å². The number of methoxy groups -OCH3 is 1. The summed E-state index contributed by atoms with van der Waals surface area (Å²) in [4.78, 5) is 13.7. The zero-order valence-electron chi connectivity index (χ0n) is 20.4. The molecule has 6 heteroatoms. The number of esters is 1. The van der Waals surface area contributed by atoms with E-state index in [2.05, 4.69) is 35.2 Å². The van der Waals surface area contributed by atoms with Crippen molar-refractivity contribution in [3.05, 3.63) is 95.6 Å². The number of hydrogen-bond donors (Lipinski definition) is 0. The van der Waals surface area contributed by atoms with E-state index in [1.165, 1.54) is 34.2 Å². The van der Waals surface area contributed by atoms with Gasteiger partial charge < -0.3 is 4.74 Å². The average molecular weight is 494 g/mol. The van der Waals surface area contributed by atoms with Crippen molar-refractivity contribution >= 4 is 27.5 Å². The molecule has 0 N–H and O–H groups in total. The Morgan fingerprint density at radius 3 is 2.17 bits per heavy atom. The molecular formula is C30H30F3NO2. The number of rotatable bonds is 10. The van der Waals surface area contributed by atoms with Crippen molar-refractivity contribution in [1.82, 2.24) is 4.90 Å². The quantitative estimate of drug-likeness (QED) is 0.129. The summed E-state index contributed by atoms with van der Waals surface area (Å²) in [6.45, 7) is 1.98. The summed E-state index contributed by atoms with van der Waals surface area (Å²) in [6.07, 6.45) is -1.45. The van der Waals surface area contributed by atoms with Crippen LogP contribution in [0.1, 0.15) is 42.4 Å². The first-order valence-electron chi connectivity index (χ1n) is 12.2. The molecule has 0 aliphatic heterocycles. The molecule has 0 radical (unpaired) electrons. The zero-order valence-corrected chi connectivity index (χ0v) is 20.4. The van der Waals surface area contributed by atoms with Crippen molar-refractivity contribution in [2.75, 3.05) is 13.7 Å². The van der Waals surface area contributed by atoms with Crippen molar-refractivity contribution in [1.29, 1.82) is 0 Å². The molecule has 0 heterocycles. The summed E-state index contributed by atoms with van der Waals surface area (Å²) >= 11 is 0. The molecule has 0 unspecified atom stereocenters. The Hall–Kier alpha value is -3.38. The smallest absolute Gasteiger partial charge is 0.416 e. The van der Waals surface area contributed by atoms with Gasteiger partial charge in [-0.1, -0.05) is 67.1 Å². The topological polar surface area (TPSA) is 29.5 Å². The molecular weight excluding hydrogens is 463 g/mol. The van der Waals surface area contributed by atoms with Gasteiger partial charge in [-0.25, -0.2) is 0 Å². The molecule has 0 fully saturated rings. The number of benzene rings is 4. The Kier molecular flexibility index (Phi) is 8.26. The van der Waals surface area contributed by atoms with E-state index in [1.54, 1.807) is 12.1 Å². The molecule has 0 aromatic heterocycles. The first kappa shape index (κ1) is 25.7. The van der Waals surface area contributed by atoms with Crippen molar-refractivity contribution < 1.29 is 22.7 Å². The zero-order chi connectivity index (χ0) is 25.5. The molecule has 0 bridgehead atoms. The van der Waals surface area contributed by atoms with Crippen LogP contribution in [0.5, 0.6) is 0 Å². The van der Waals surface area contributed by atoms with Crippen LogP contribution in [0.2, 0.25) is 0 Å². The summed E-state index contributed by atoms with van der Waals surface area (Å²) in [6, 6.07) is 24.3. The molecule has 0 saturated carbocycles. The summed E-state index contributed by atoms with van der Waals surface area (Å²) in [7, 11) is 1.39. The number of hydrogen-bond acceptors (Lipinski definition) is 3. The molecule has 0 saturated heterocycles. The predicted octanol–water partition coefficient (Wildman–Crippen LogP) is 7.75. The lowest BCUT2D eigenvalue weighted by Crippen LogP contribution is -2.24. The standard InChI is InChI=1S/C30H30F3NO2/c1-36-29(35)13-3-2-8-18-34(20-22-14-16-25(17-15-22)30(31,32)33)21-24-19-23-9-4-5-10-26(23)28-12-7-6-11-27(24)28/h4-7,9-12,14-17,19H,2-3,8,13,18,20-21H2,1H3. The lowest BCUT2D eigenvalue weighted by Gasteiger charge is -2.24. The Morgan fingerprint density at radius 1 is 0.806 bits per heavy atom. The van der Waals surface area contributed by atoms with E-state index in [0.29, 0.717) is 19.5 Å². The average Bonchev–Trinajstić information content (AvgIpc) is 2.88. The van der Waals surface area contributed by atoms with Gasteiger partial charge >= 0.3 is 12.1 Å². The maximum atomic E-state index is 13.0. The van der Waals surface area contributed by atoms with Gasteiger partial charge in [0, 0.05) is 19.5 Å². The molecule has 4 aromatic rings. The van der Waals surface area contributed by atoms with Crippen LogP contribution < -0.4 is 0 Å². The number of unbranched alkanes of at least 4 members (excludes halogenated alkanes) is 2. The SMILES string of the molecule is COC(=O)CCCCCN(Cc1ccc(C(F)(F)F)cc1)Cc1cc2ccccc2c2ccccc12. The van der Waals surface area contributed by atoms with Crippen molar-refractivity contribution in [2.45, 2.75) is 44.9 Å².